The highest BCUT2D eigenvalue weighted by Crippen LogP contribution is 2.42. The third-order valence-corrected chi connectivity index (χ3v) is 3.22. The lowest BCUT2D eigenvalue weighted by Gasteiger charge is -2.48. The van der Waals surface area contributed by atoms with Crippen LogP contribution in [0.5, 0.6) is 5.75 Å². The first kappa shape index (κ1) is 10.4. The van der Waals surface area contributed by atoms with E-state index in [0.29, 0.717) is 12.2 Å². The molecular formula is C12H15FO2. The predicted molar refractivity (Wildman–Crippen MR) is 55.2 cm³/mol. The standard InChI is InChI=1S/C12H15FO2/c1-12(2)10(14)7-11(12)15-9-5-3-8(13)4-6-9/h3-6,10-11,14H,7H2,1-2H3. The molecule has 82 valence electrons. The second-order valence-corrected chi connectivity index (χ2v) is 4.63. The fraction of sp³-hybridized carbons (Fsp3) is 0.500. The molecule has 2 atom stereocenters. The zero-order valence-corrected chi connectivity index (χ0v) is 8.90. The van der Waals surface area contributed by atoms with Gasteiger partial charge in [-0.2, -0.15) is 0 Å². The molecule has 0 aromatic heterocycles. The molecule has 0 radical (unpaired) electrons. The summed E-state index contributed by atoms with van der Waals surface area (Å²) in [6, 6.07) is 5.96. The van der Waals surface area contributed by atoms with Gasteiger partial charge >= 0.3 is 0 Å². The molecule has 0 bridgehead atoms. The quantitative estimate of drug-likeness (QED) is 0.812. The van der Waals surface area contributed by atoms with Crippen molar-refractivity contribution in [3.8, 4) is 5.75 Å². The Morgan fingerprint density at radius 3 is 2.40 bits per heavy atom. The van der Waals surface area contributed by atoms with Gasteiger partial charge in [0, 0.05) is 11.8 Å². The lowest BCUT2D eigenvalue weighted by Crippen LogP contribution is -2.56. The number of ether oxygens (including phenoxy) is 1. The van der Waals surface area contributed by atoms with Crippen LogP contribution < -0.4 is 4.74 Å². The molecule has 1 aromatic rings. The summed E-state index contributed by atoms with van der Waals surface area (Å²) in [6.07, 6.45) is 0.352. The average molecular weight is 210 g/mol. The Morgan fingerprint density at radius 1 is 1.33 bits per heavy atom. The van der Waals surface area contributed by atoms with Gasteiger partial charge in [-0.25, -0.2) is 4.39 Å². The summed E-state index contributed by atoms with van der Waals surface area (Å²) < 4.78 is 18.3. The molecule has 0 aliphatic heterocycles. The van der Waals surface area contributed by atoms with Crippen LogP contribution in [0, 0.1) is 11.2 Å². The van der Waals surface area contributed by atoms with E-state index < -0.39 is 0 Å². The number of hydrogen-bond acceptors (Lipinski definition) is 2. The third-order valence-electron chi connectivity index (χ3n) is 3.22. The van der Waals surface area contributed by atoms with Gasteiger partial charge in [0.05, 0.1) is 6.10 Å². The van der Waals surface area contributed by atoms with E-state index in [0.717, 1.165) is 0 Å². The van der Waals surface area contributed by atoms with Crippen molar-refractivity contribution in [1.82, 2.24) is 0 Å². The molecule has 1 aliphatic rings. The molecule has 15 heavy (non-hydrogen) atoms. The zero-order chi connectivity index (χ0) is 11.1. The van der Waals surface area contributed by atoms with Gasteiger partial charge < -0.3 is 9.84 Å². The minimum atomic E-state index is -0.303. The summed E-state index contributed by atoms with van der Waals surface area (Å²) in [5.41, 5.74) is -0.214. The van der Waals surface area contributed by atoms with E-state index in [1.165, 1.54) is 12.1 Å². The molecule has 1 aromatic carbocycles. The van der Waals surface area contributed by atoms with Crippen LogP contribution in [0.1, 0.15) is 20.3 Å². The van der Waals surface area contributed by atoms with E-state index in [1.807, 2.05) is 13.8 Å². The highest BCUT2D eigenvalue weighted by atomic mass is 19.1. The van der Waals surface area contributed by atoms with Crippen LogP contribution in [0.15, 0.2) is 24.3 Å². The van der Waals surface area contributed by atoms with E-state index in [2.05, 4.69) is 0 Å². The van der Waals surface area contributed by atoms with Gasteiger partial charge in [0.2, 0.25) is 0 Å². The van der Waals surface area contributed by atoms with Crippen molar-refractivity contribution in [3.05, 3.63) is 30.1 Å². The van der Waals surface area contributed by atoms with Crippen LogP contribution in [-0.2, 0) is 0 Å². The molecule has 0 spiro atoms. The monoisotopic (exact) mass is 210 g/mol. The molecule has 1 N–H and O–H groups in total. The second-order valence-electron chi connectivity index (χ2n) is 4.63. The van der Waals surface area contributed by atoms with Crippen molar-refractivity contribution in [2.75, 3.05) is 0 Å². The second kappa shape index (κ2) is 3.49. The Kier molecular flexibility index (Phi) is 2.43. The highest BCUT2D eigenvalue weighted by Gasteiger charge is 2.49. The Hall–Kier alpha value is -1.09. The van der Waals surface area contributed by atoms with E-state index in [4.69, 9.17) is 4.74 Å². The molecule has 2 nitrogen and oxygen atoms in total. The van der Waals surface area contributed by atoms with Gasteiger partial charge in [-0.15, -0.1) is 0 Å². The van der Waals surface area contributed by atoms with Gasteiger partial charge in [-0.3, -0.25) is 0 Å². The summed E-state index contributed by atoms with van der Waals surface area (Å²) in [4.78, 5) is 0. The molecular weight excluding hydrogens is 195 g/mol. The minimum absolute atomic E-state index is 0.0120. The number of hydrogen-bond donors (Lipinski definition) is 1. The smallest absolute Gasteiger partial charge is 0.123 e. The maximum atomic E-state index is 12.6. The lowest BCUT2D eigenvalue weighted by atomic mass is 9.66. The van der Waals surface area contributed by atoms with Gasteiger partial charge in [0.15, 0.2) is 0 Å². The molecule has 0 amide bonds. The van der Waals surface area contributed by atoms with Gasteiger partial charge in [0.25, 0.3) is 0 Å². The van der Waals surface area contributed by atoms with Gasteiger partial charge in [0.1, 0.15) is 17.7 Å². The number of aliphatic hydroxyl groups excluding tert-OH is 1. The number of rotatable bonds is 2. The van der Waals surface area contributed by atoms with E-state index in [1.54, 1.807) is 12.1 Å². The van der Waals surface area contributed by atoms with Crippen LogP contribution in [0.4, 0.5) is 4.39 Å². The van der Waals surface area contributed by atoms with E-state index >= 15 is 0 Å². The SMILES string of the molecule is CC1(C)C(O)CC1Oc1ccc(F)cc1. The molecule has 0 saturated heterocycles. The van der Waals surface area contributed by atoms with Crippen LogP contribution >= 0.6 is 0 Å². The molecule has 3 heteroatoms. The minimum Gasteiger partial charge on any atom is -0.490 e. The van der Waals surface area contributed by atoms with Crippen molar-refractivity contribution < 1.29 is 14.2 Å². The first-order chi connectivity index (χ1) is 7.00. The van der Waals surface area contributed by atoms with Crippen molar-refractivity contribution in [3.63, 3.8) is 0 Å². The largest absolute Gasteiger partial charge is 0.490 e. The van der Waals surface area contributed by atoms with Crippen molar-refractivity contribution in [2.24, 2.45) is 5.41 Å². The molecule has 1 saturated carbocycles. The third kappa shape index (κ3) is 1.84. The Labute approximate surface area is 88.7 Å². The van der Waals surface area contributed by atoms with Crippen molar-refractivity contribution >= 4 is 0 Å². The normalized spacial score (nSPS) is 28.3. The maximum absolute atomic E-state index is 12.6. The average Bonchev–Trinajstić information content (AvgIpc) is 2.21. The summed E-state index contributed by atoms with van der Waals surface area (Å²) >= 11 is 0. The predicted octanol–water partition coefficient (Wildman–Crippen LogP) is 2.36. The highest BCUT2D eigenvalue weighted by molar-refractivity contribution is 5.23. The topological polar surface area (TPSA) is 29.5 Å². The van der Waals surface area contributed by atoms with Crippen LogP contribution in [-0.4, -0.2) is 17.3 Å². The Bertz CT molecular complexity index is 345. The summed E-state index contributed by atoms with van der Waals surface area (Å²) in [6.45, 7) is 3.94. The molecule has 1 aliphatic carbocycles. The Morgan fingerprint density at radius 2 is 1.93 bits per heavy atom. The van der Waals surface area contributed by atoms with Crippen molar-refractivity contribution in [1.29, 1.82) is 0 Å². The van der Waals surface area contributed by atoms with Crippen LogP contribution in [0.25, 0.3) is 0 Å². The molecule has 0 heterocycles. The Balaban J connectivity index is 2.02. The maximum Gasteiger partial charge on any atom is 0.123 e. The summed E-state index contributed by atoms with van der Waals surface area (Å²) in [5.74, 6) is 0.386. The zero-order valence-electron chi connectivity index (χ0n) is 8.90. The first-order valence-electron chi connectivity index (χ1n) is 5.10. The van der Waals surface area contributed by atoms with Gasteiger partial charge in [-0.1, -0.05) is 13.8 Å². The first-order valence-corrected chi connectivity index (χ1v) is 5.10. The molecule has 2 rings (SSSR count). The lowest BCUT2D eigenvalue weighted by molar-refractivity contribution is -0.134. The summed E-state index contributed by atoms with van der Waals surface area (Å²) in [7, 11) is 0. The van der Waals surface area contributed by atoms with Gasteiger partial charge in [-0.05, 0) is 24.3 Å². The fourth-order valence-electron chi connectivity index (χ4n) is 1.74. The number of benzene rings is 1. The number of aliphatic hydroxyl groups is 1. The van der Waals surface area contributed by atoms with Crippen molar-refractivity contribution in [2.45, 2.75) is 32.5 Å². The fourth-order valence-corrected chi connectivity index (χ4v) is 1.74. The summed E-state index contributed by atoms with van der Waals surface area (Å²) in [5, 5.41) is 9.53. The molecule has 2 unspecified atom stereocenters. The van der Waals surface area contributed by atoms with E-state index in [9.17, 15) is 9.50 Å². The molecule has 1 fully saturated rings. The number of halogens is 1. The van der Waals surface area contributed by atoms with E-state index in [-0.39, 0.29) is 23.4 Å². The van der Waals surface area contributed by atoms with Crippen LogP contribution in [0.2, 0.25) is 0 Å². The van der Waals surface area contributed by atoms with Crippen LogP contribution in [0.3, 0.4) is 0 Å².